The Hall–Kier alpha value is -1.79. The molecule has 0 aliphatic carbocycles. The van der Waals surface area contributed by atoms with E-state index in [0.717, 1.165) is 0 Å². The van der Waals surface area contributed by atoms with Crippen molar-refractivity contribution in [2.45, 2.75) is 19.9 Å². The predicted molar refractivity (Wildman–Crippen MR) is 79.2 cm³/mol. The lowest BCUT2D eigenvalue weighted by Crippen LogP contribution is -2.18. The zero-order chi connectivity index (χ0) is 14.9. The molecular weight excluding hydrogens is 301 g/mol. The molecular formula is C12H13Cl2N5O. The van der Waals surface area contributed by atoms with Gasteiger partial charge >= 0.3 is 0 Å². The van der Waals surface area contributed by atoms with Gasteiger partial charge in [-0.3, -0.25) is 4.79 Å². The van der Waals surface area contributed by atoms with E-state index in [4.69, 9.17) is 28.9 Å². The van der Waals surface area contributed by atoms with Crippen molar-refractivity contribution in [1.29, 1.82) is 0 Å². The van der Waals surface area contributed by atoms with Gasteiger partial charge in [0, 0.05) is 18.3 Å². The van der Waals surface area contributed by atoms with Gasteiger partial charge in [-0.1, -0.05) is 11.6 Å². The molecule has 6 nitrogen and oxygen atoms in total. The van der Waals surface area contributed by atoms with Crippen LogP contribution in [-0.4, -0.2) is 20.4 Å². The average Bonchev–Trinajstić information content (AvgIpc) is 2.70. The van der Waals surface area contributed by atoms with E-state index in [0.29, 0.717) is 11.4 Å². The molecule has 2 rings (SSSR count). The molecule has 20 heavy (non-hydrogen) atoms. The van der Waals surface area contributed by atoms with E-state index in [1.165, 1.54) is 6.07 Å². The number of anilines is 2. The van der Waals surface area contributed by atoms with Crippen LogP contribution in [0.15, 0.2) is 18.3 Å². The molecule has 2 aromatic heterocycles. The summed E-state index contributed by atoms with van der Waals surface area (Å²) in [4.78, 5) is 19.8. The largest absolute Gasteiger partial charge is 0.397 e. The molecule has 0 spiro atoms. The van der Waals surface area contributed by atoms with Crippen molar-refractivity contribution in [3.05, 3.63) is 34.5 Å². The van der Waals surface area contributed by atoms with Crippen LogP contribution < -0.4 is 11.1 Å². The van der Waals surface area contributed by atoms with E-state index < -0.39 is 0 Å². The lowest BCUT2D eigenvalue weighted by atomic mass is 10.3. The summed E-state index contributed by atoms with van der Waals surface area (Å²) in [6.45, 7) is 3.91. The van der Waals surface area contributed by atoms with Crippen LogP contribution >= 0.6 is 23.2 Å². The topological polar surface area (TPSA) is 85.8 Å². The van der Waals surface area contributed by atoms with Gasteiger partial charge in [0.1, 0.15) is 16.7 Å². The van der Waals surface area contributed by atoms with Gasteiger partial charge in [0.25, 0.3) is 5.91 Å². The number of nitrogens with zero attached hydrogens (tertiary/aromatic N) is 3. The van der Waals surface area contributed by atoms with Crippen molar-refractivity contribution in [3.8, 4) is 0 Å². The Morgan fingerprint density at radius 1 is 1.35 bits per heavy atom. The number of aromatic nitrogens is 3. The number of nitrogen functional groups attached to an aromatic ring is 1. The number of hydrogen-bond donors (Lipinski definition) is 2. The molecule has 0 atom stereocenters. The van der Waals surface area contributed by atoms with Crippen LogP contribution in [-0.2, 0) is 0 Å². The highest BCUT2D eigenvalue weighted by Gasteiger charge is 2.16. The van der Waals surface area contributed by atoms with Crippen molar-refractivity contribution in [3.63, 3.8) is 0 Å². The van der Waals surface area contributed by atoms with Crippen LogP contribution in [0.5, 0.6) is 0 Å². The van der Waals surface area contributed by atoms with Gasteiger partial charge in [-0.15, -0.1) is 0 Å². The van der Waals surface area contributed by atoms with Gasteiger partial charge in [-0.05, 0) is 31.5 Å². The highest BCUT2D eigenvalue weighted by Crippen LogP contribution is 2.19. The normalized spacial score (nSPS) is 10.8. The van der Waals surface area contributed by atoms with Crippen LogP contribution in [0, 0.1) is 0 Å². The van der Waals surface area contributed by atoms with Crippen LogP contribution in [0.3, 0.4) is 0 Å². The first kappa shape index (κ1) is 14.6. The van der Waals surface area contributed by atoms with E-state index in [9.17, 15) is 4.79 Å². The Balaban J connectivity index is 2.28. The summed E-state index contributed by atoms with van der Waals surface area (Å²) in [7, 11) is 0. The van der Waals surface area contributed by atoms with Crippen LogP contribution in [0.2, 0.25) is 10.4 Å². The summed E-state index contributed by atoms with van der Waals surface area (Å²) in [5.41, 5.74) is 6.68. The van der Waals surface area contributed by atoms with Crippen LogP contribution in [0.25, 0.3) is 0 Å². The predicted octanol–water partition coefficient (Wildman–Crippen LogP) is 3.00. The second-order valence-electron chi connectivity index (χ2n) is 4.46. The van der Waals surface area contributed by atoms with Gasteiger partial charge in [0.15, 0.2) is 0 Å². The van der Waals surface area contributed by atoms with Crippen molar-refractivity contribution < 1.29 is 4.79 Å². The maximum absolute atomic E-state index is 12.2. The first-order valence-corrected chi connectivity index (χ1v) is 6.61. The van der Waals surface area contributed by atoms with E-state index in [-0.39, 0.29) is 28.2 Å². The zero-order valence-electron chi connectivity index (χ0n) is 10.9. The van der Waals surface area contributed by atoms with E-state index in [2.05, 4.69) is 15.3 Å². The summed E-state index contributed by atoms with van der Waals surface area (Å²) >= 11 is 11.4. The standard InChI is InChI=1S/C12H13Cl2N5O/c1-6(2)19-5-7(15)3-8(19)11(20)17-10-4-9(13)16-12(14)18-10/h3-6H,15H2,1-2H3,(H,16,17,18,20). The maximum atomic E-state index is 12.2. The quantitative estimate of drug-likeness (QED) is 0.673. The van der Waals surface area contributed by atoms with Gasteiger partial charge in [0.05, 0.1) is 5.69 Å². The highest BCUT2D eigenvalue weighted by molar-refractivity contribution is 6.32. The monoisotopic (exact) mass is 313 g/mol. The smallest absolute Gasteiger partial charge is 0.273 e. The fourth-order valence-electron chi connectivity index (χ4n) is 1.74. The minimum Gasteiger partial charge on any atom is -0.397 e. The van der Waals surface area contributed by atoms with Gasteiger partial charge in [-0.2, -0.15) is 0 Å². The first-order valence-electron chi connectivity index (χ1n) is 5.85. The molecule has 0 aliphatic heterocycles. The van der Waals surface area contributed by atoms with Gasteiger partial charge in [-0.25, -0.2) is 9.97 Å². The Labute approximate surface area is 125 Å². The van der Waals surface area contributed by atoms with Gasteiger partial charge in [0.2, 0.25) is 5.28 Å². The Kier molecular flexibility index (Phi) is 4.15. The summed E-state index contributed by atoms with van der Waals surface area (Å²) in [5.74, 6) is -0.115. The molecule has 0 saturated heterocycles. The van der Waals surface area contributed by atoms with Gasteiger partial charge < -0.3 is 15.6 Å². The minimum absolute atomic E-state index is 0.0356. The minimum atomic E-state index is -0.346. The Morgan fingerprint density at radius 3 is 2.65 bits per heavy atom. The maximum Gasteiger partial charge on any atom is 0.273 e. The van der Waals surface area contributed by atoms with E-state index >= 15 is 0 Å². The third kappa shape index (κ3) is 3.20. The second-order valence-corrected chi connectivity index (χ2v) is 5.18. The number of carbonyl (C=O) groups is 1. The number of halogens is 2. The Morgan fingerprint density at radius 2 is 2.05 bits per heavy atom. The number of amides is 1. The molecule has 1 amide bonds. The molecule has 0 saturated carbocycles. The molecule has 0 unspecified atom stereocenters. The number of carbonyl (C=O) groups excluding carboxylic acids is 1. The second kappa shape index (κ2) is 5.68. The van der Waals surface area contributed by atoms with Crippen molar-refractivity contribution in [2.75, 3.05) is 11.1 Å². The lowest BCUT2D eigenvalue weighted by molar-refractivity contribution is 0.101. The molecule has 2 aromatic rings. The average molecular weight is 314 g/mol. The number of nitrogens with two attached hydrogens (primary N) is 1. The third-order valence-corrected chi connectivity index (χ3v) is 2.93. The SMILES string of the molecule is CC(C)n1cc(N)cc1C(=O)Nc1cc(Cl)nc(Cl)n1. The summed E-state index contributed by atoms with van der Waals surface area (Å²) in [5, 5.41) is 2.73. The molecule has 8 heteroatoms. The number of nitrogens with one attached hydrogen (secondary N) is 1. The van der Waals surface area contributed by atoms with Crippen molar-refractivity contribution >= 4 is 40.6 Å². The van der Waals surface area contributed by atoms with E-state index in [1.54, 1.807) is 16.8 Å². The first-order chi connectivity index (χ1) is 9.36. The van der Waals surface area contributed by atoms with Crippen molar-refractivity contribution in [2.24, 2.45) is 0 Å². The zero-order valence-corrected chi connectivity index (χ0v) is 12.4. The van der Waals surface area contributed by atoms with E-state index in [1.807, 2.05) is 13.8 Å². The molecule has 0 bridgehead atoms. The summed E-state index contributed by atoms with van der Waals surface area (Å²) in [6.07, 6.45) is 1.71. The molecule has 0 fully saturated rings. The molecule has 0 aliphatic rings. The lowest BCUT2D eigenvalue weighted by Gasteiger charge is -2.12. The molecule has 0 aromatic carbocycles. The number of hydrogen-bond acceptors (Lipinski definition) is 4. The van der Waals surface area contributed by atoms with Crippen LogP contribution in [0.4, 0.5) is 11.5 Å². The number of rotatable bonds is 3. The molecule has 2 heterocycles. The summed E-state index contributed by atoms with van der Waals surface area (Å²) in [6, 6.07) is 3.11. The fourth-order valence-corrected chi connectivity index (χ4v) is 2.15. The molecule has 3 N–H and O–H groups in total. The highest BCUT2D eigenvalue weighted by atomic mass is 35.5. The van der Waals surface area contributed by atoms with Crippen LogP contribution in [0.1, 0.15) is 30.4 Å². The molecule has 106 valence electrons. The van der Waals surface area contributed by atoms with Crippen molar-refractivity contribution in [1.82, 2.24) is 14.5 Å². The molecule has 0 radical (unpaired) electrons. The summed E-state index contributed by atoms with van der Waals surface area (Å²) < 4.78 is 1.77. The fraction of sp³-hybridized carbons (Fsp3) is 0.250. The Bertz CT molecular complexity index is 633. The third-order valence-electron chi connectivity index (χ3n) is 2.57.